The first kappa shape index (κ1) is 16.3. The molecule has 0 bridgehead atoms. The highest BCUT2D eigenvalue weighted by molar-refractivity contribution is 9.10. The highest BCUT2D eigenvalue weighted by atomic mass is 79.9. The average Bonchev–Trinajstić information content (AvgIpc) is 2.84. The number of hydrogen-bond donors (Lipinski definition) is 1. The predicted octanol–water partition coefficient (Wildman–Crippen LogP) is 3.69. The van der Waals surface area contributed by atoms with Gasteiger partial charge in [-0.1, -0.05) is 0 Å². The number of nitrogens with two attached hydrogens (primary N) is 1. The summed E-state index contributed by atoms with van der Waals surface area (Å²) in [5.74, 6) is 1.45. The van der Waals surface area contributed by atoms with Gasteiger partial charge in [-0.15, -0.1) is 11.3 Å². The summed E-state index contributed by atoms with van der Waals surface area (Å²) in [7, 11) is 0. The quantitative estimate of drug-likeness (QED) is 0.807. The topological polar surface area (TPSA) is 57.4 Å². The van der Waals surface area contributed by atoms with E-state index in [1.54, 1.807) is 11.3 Å². The number of aryl methyl sites for hydroxylation is 1. The molecule has 0 aliphatic heterocycles. The van der Waals surface area contributed by atoms with E-state index in [2.05, 4.69) is 20.9 Å². The number of nitrogens with zero attached hydrogens (tertiary/aromatic N) is 1. The van der Waals surface area contributed by atoms with Crippen LogP contribution in [0.15, 0.2) is 22.0 Å². The Morgan fingerprint density at radius 1 is 1.33 bits per heavy atom. The summed E-state index contributed by atoms with van der Waals surface area (Å²) in [6.45, 7) is 5.56. The number of aromatic nitrogens is 1. The minimum Gasteiger partial charge on any atom is -0.490 e. The molecule has 1 aromatic heterocycles. The fraction of sp³-hybridized carbons (Fsp3) is 0.400. The molecule has 0 aliphatic carbocycles. The molecule has 2 N–H and O–H groups in total. The van der Waals surface area contributed by atoms with E-state index in [4.69, 9.17) is 15.2 Å². The molecule has 1 heterocycles. The second-order valence-electron chi connectivity index (χ2n) is 4.52. The van der Waals surface area contributed by atoms with E-state index in [1.807, 2.05) is 31.4 Å². The fourth-order valence-electron chi connectivity index (χ4n) is 1.96. The van der Waals surface area contributed by atoms with E-state index in [0.717, 1.165) is 32.9 Å². The van der Waals surface area contributed by atoms with Gasteiger partial charge in [0, 0.05) is 5.38 Å². The normalized spacial score (nSPS) is 10.7. The van der Waals surface area contributed by atoms with Crippen LogP contribution in [-0.2, 0) is 13.0 Å². The molecule has 0 radical (unpaired) electrons. The summed E-state index contributed by atoms with van der Waals surface area (Å²) < 4.78 is 12.5. The predicted molar refractivity (Wildman–Crippen MR) is 89.3 cm³/mol. The Kier molecular flexibility index (Phi) is 6.02. The Labute approximate surface area is 137 Å². The molecule has 2 aromatic rings. The summed E-state index contributed by atoms with van der Waals surface area (Å²) in [4.78, 5) is 4.40. The van der Waals surface area contributed by atoms with Crippen LogP contribution in [0.3, 0.4) is 0 Å². The van der Waals surface area contributed by atoms with Crippen molar-refractivity contribution in [1.29, 1.82) is 0 Å². The van der Waals surface area contributed by atoms with Gasteiger partial charge < -0.3 is 15.2 Å². The summed E-state index contributed by atoms with van der Waals surface area (Å²) in [6.07, 6.45) is 0.810. The molecule has 0 aliphatic rings. The van der Waals surface area contributed by atoms with Crippen LogP contribution in [0, 0.1) is 6.92 Å². The Hall–Kier alpha value is -1.11. The zero-order valence-electron chi connectivity index (χ0n) is 12.2. The van der Waals surface area contributed by atoms with Crippen molar-refractivity contribution in [2.24, 2.45) is 5.73 Å². The highest BCUT2D eigenvalue weighted by Gasteiger charge is 2.13. The van der Waals surface area contributed by atoms with Crippen molar-refractivity contribution in [3.05, 3.63) is 38.3 Å². The van der Waals surface area contributed by atoms with Crippen LogP contribution in [0.1, 0.15) is 23.2 Å². The molecule has 2 rings (SSSR count). The lowest BCUT2D eigenvalue weighted by molar-refractivity contribution is 0.265. The molecule has 4 nitrogen and oxygen atoms in total. The van der Waals surface area contributed by atoms with Crippen LogP contribution in [0.5, 0.6) is 11.5 Å². The first-order chi connectivity index (χ1) is 10.1. The molecule has 0 amide bonds. The average molecular weight is 371 g/mol. The third kappa shape index (κ3) is 4.43. The molecule has 6 heteroatoms. The molecular formula is C15H19BrN2O2S. The summed E-state index contributed by atoms with van der Waals surface area (Å²) in [5, 5.41) is 3.04. The molecule has 0 atom stereocenters. The van der Waals surface area contributed by atoms with Crippen LogP contribution in [0.25, 0.3) is 0 Å². The number of rotatable bonds is 7. The van der Waals surface area contributed by atoms with Crippen molar-refractivity contribution in [2.75, 3.05) is 13.2 Å². The Bertz CT molecular complexity index is 601. The van der Waals surface area contributed by atoms with E-state index in [0.29, 0.717) is 25.5 Å². The molecule has 0 fully saturated rings. The summed E-state index contributed by atoms with van der Waals surface area (Å²) >= 11 is 5.17. The van der Waals surface area contributed by atoms with Gasteiger partial charge in [-0.25, -0.2) is 4.98 Å². The number of ether oxygens (including phenoxy) is 2. The van der Waals surface area contributed by atoms with Crippen molar-refractivity contribution in [3.8, 4) is 11.5 Å². The first-order valence-electron chi connectivity index (χ1n) is 6.83. The first-order valence-corrected chi connectivity index (χ1v) is 8.50. The lowest BCUT2D eigenvalue weighted by Crippen LogP contribution is -2.05. The number of halogens is 1. The van der Waals surface area contributed by atoms with Crippen LogP contribution < -0.4 is 15.2 Å². The zero-order valence-corrected chi connectivity index (χ0v) is 14.6. The molecule has 21 heavy (non-hydrogen) atoms. The second-order valence-corrected chi connectivity index (χ2v) is 6.44. The fourth-order valence-corrected chi connectivity index (χ4v) is 3.16. The van der Waals surface area contributed by atoms with E-state index in [1.165, 1.54) is 0 Å². The van der Waals surface area contributed by atoms with Crippen molar-refractivity contribution >= 4 is 27.3 Å². The second kappa shape index (κ2) is 7.77. The maximum absolute atomic E-state index is 5.89. The minimum atomic E-state index is 0.430. The third-order valence-corrected chi connectivity index (χ3v) is 4.24. The van der Waals surface area contributed by atoms with Crippen LogP contribution in [-0.4, -0.2) is 18.1 Å². The van der Waals surface area contributed by atoms with E-state index < -0.39 is 0 Å². The monoisotopic (exact) mass is 370 g/mol. The van der Waals surface area contributed by atoms with Gasteiger partial charge in [0.1, 0.15) is 6.61 Å². The summed E-state index contributed by atoms with van der Waals surface area (Å²) in [6, 6.07) is 4.01. The van der Waals surface area contributed by atoms with Crippen molar-refractivity contribution in [3.63, 3.8) is 0 Å². The number of benzene rings is 1. The molecule has 0 spiro atoms. The Balaban J connectivity index is 2.19. The van der Waals surface area contributed by atoms with Crippen molar-refractivity contribution in [2.45, 2.75) is 26.9 Å². The van der Waals surface area contributed by atoms with Gasteiger partial charge in [0.25, 0.3) is 0 Å². The van der Waals surface area contributed by atoms with Gasteiger partial charge in [0.05, 0.1) is 21.8 Å². The SMILES string of the molecule is CCOc1cc(CCN)cc(Br)c1OCc1csc(C)n1. The molecule has 0 saturated heterocycles. The van der Waals surface area contributed by atoms with Gasteiger partial charge in [-0.05, 0) is 60.4 Å². The van der Waals surface area contributed by atoms with E-state index in [9.17, 15) is 0 Å². The molecule has 0 saturated carbocycles. The standard InChI is InChI=1S/C15H19BrN2O2S/c1-3-19-14-7-11(4-5-17)6-13(16)15(14)20-8-12-9-21-10(2)18-12/h6-7,9H,3-5,8,17H2,1-2H3. The zero-order chi connectivity index (χ0) is 15.2. The van der Waals surface area contributed by atoms with E-state index >= 15 is 0 Å². The van der Waals surface area contributed by atoms with E-state index in [-0.39, 0.29) is 0 Å². The van der Waals surface area contributed by atoms with Crippen LogP contribution in [0.4, 0.5) is 0 Å². The maximum atomic E-state index is 5.89. The Morgan fingerprint density at radius 3 is 2.76 bits per heavy atom. The van der Waals surface area contributed by atoms with Gasteiger partial charge in [-0.3, -0.25) is 0 Å². The largest absolute Gasteiger partial charge is 0.490 e. The smallest absolute Gasteiger partial charge is 0.175 e. The molecular weight excluding hydrogens is 352 g/mol. The van der Waals surface area contributed by atoms with Gasteiger partial charge in [0.15, 0.2) is 11.5 Å². The molecule has 0 unspecified atom stereocenters. The van der Waals surface area contributed by atoms with Crippen LogP contribution in [0.2, 0.25) is 0 Å². The lowest BCUT2D eigenvalue weighted by Gasteiger charge is -2.15. The third-order valence-electron chi connectivity index (χ3n) is 2.83. The van der Waals surface area contributed by atoms with Crippen LogP contribution >= 0.6 is 27.3 Å². The summed E-state index contributed by atoms with van der Waals surface area (Å²) in [5.41, 5.74) is 7.67. The Morgan fingerprint density at radius 2 is 2.14 bits per heavy atom. The van der Waals surface area contributed by atoms with Gasteiger partial charge in [-0.2, -0.15) is 0 Å². The van der Waals surface area contributed by atoms with Crippen molar-refractivity contribution in [1.82, 2.24) is 4.98 Å². The maximum Gasteiger partial charge on any atom is 0.175 e. The van der Waals surface area contributed by atoms with Crippen molar-refractivity contribution < 1.29 is 9.47 Å². The van der Waals surface area contributed by atoms with Gasteiger partial charge in [0.2, 0.25) is 0 Å². The molecule has 1 aromatic carbocycles. The number of hydrogen-bond acceptors (Lipinski definition) is 5. The highest BCUT2D eigenvalue weighted by Crippen LogP contribution is 2.37. The lowest BCUT2D eigenvalue weighted by atomic mass is 10.1. The molecule has 114 valence electrons. The van der Waals surface area contributed by atoms with Gasteiger partial charge >= 0.3 is 0 Å². The number of thiazole rings is 1. The minimum absolute atomic E-state index is 0.430.